The van der Waals surface area contributed by atoms with Gasteiger partial charge in [0.2, 0.25) is 0 Å². The molecule has 17 heavy (non-hydrogen) atoms. The predicted octanol–water partition coefficient (Wildman–Crippen LogP) is 3.06. The van der Waals surface area contributed by atoms with Gasteiger partial charge in [-0.1, -0.05) is 66.7 Å². The van der Waals surface area contributed by atoms with Gasteiger partial charge in [-0.25, -0.2) is 0 Å². The number of benzene rings is 2. The summed E-state index contributed by atoms with van der Waals surface area (Å²) in [5.74, 6) is 5.41. The van der Waals surface area contributed by atoms with Gasteiger partial charge in [0.25, 0.3) is 0 Å². The summed E-state index contributed by atoms with van der Waals surface area (Å²) in [5.41, 5.74) is 2.92. The van der Waals surface area contributed by atoms with Crippen LogP contribution in [0.15, 0.2) is 71.8 Å². The quantitative estimate of drug-likeness (QED) is 0.484. The smallest absolute Gasteiger partial charge is 0.0899 e. The van der Waals surface area contributed by atoms with Crippen LogP contribution in [0.3, 0.4) is 0 Å². The highest BCUT2D eigenvalue weighted by Gasteiger charge is 1.97. The Hall–Kier alpha value is -2.35. The highest BCUT2D eigenvalue weighted by Crippen LogP contribution is 2.05. The molecule has 0 aliphatic rings. The molecule has 0 fully saturated rings. The van der Waals surface area contributed by atoms with Crippen molar-refractivity contribution in [2.45, 2.75) is 0 Å². The Morgan fingerprint density at radius 1 is 0.882 bits per heavy atom. The Morgan fingerprint density at radius 2 is 1.47 bits per heavy atom. The molecule has 0 saturated heterocycles. The zero-order chi connectivity index (χ0) is 11.9. The van der Waals surface area contributed by atoms with Gasteiger partial charge in [-0.05, 0) is 11.6 Å². The van der Waals surface area contributed by atoms with Crippen molar-refractivity contribution in [1.29, 1.82) is 0 Å². The van der Waals surface area contributed by atoms with E-state index in [-0.39, 0.29) is 0 Å². The Labute approximate surface area is 101 Å². The van der Waals surface area contributed by atoms with Crippen LogP contribution in [0.5, 0.6) is 0 Å². The van der Waals surface area contributed by atoms with Crippen LogP contribution in [-0.2, 0) is 0 Å². The molecule has 2 rings (SSSR count). The number of nitrogens with zero attached hydrogens (tertiary/aromatic N) is 1. The molecule has 2 nitrogen and oxygen atoms in total. The third-order valence-electron chi connectivity index (χ3n) is 2.44. The third kappa shape index (κ3) is 3.05. The van der Waals surface area contributed by atoms with Crippen LogP contribution >= 0.6 is 0 Å². The minimum Gasteiger partial charge on any atom is -0.323 e. The maximum absolute atomic E-state index is 5.41. The van der Waals surface area contributed by atoms with Gasteiger partial charge in [-0.15, -0.1) is 0 Å². The van der Waals surface area contributed by atoms with E-state index in [0.29, 0.717) is 0 Å². The zero-order valence-electron chi connectivity index (χ0n) is 9.45. The van der Waals surface area contributed by atoms with Crippen molar-refractivity contribution in [1.82, 2.24) is 0 Å². The fourth-order valence-corrected chi connectivity index (χ4v) is 1.56. The topological polar surface area (TPSA) is 38.4 Å². The lowest BCUT2D eigenvalue weighted by atomic mass is 10.1. The van der Waals surface area contributed by atoms with Crippen LogP contribution in [0.4, 0.5) is 0 Å². The van der Waals surface area contributed by atoms with Crippen LogP contribution in [0.25, 0.3) is 6.08 Å². The molecule has 0 saturated carbocycles. The van der Waals surface area contributed by atoms with E-state index in [1.54, 1.807) is 0 Å². The number of nitrogens with two attached hydrogens (primary N) is 1. The minimum atomic E-state index is 0.773. The predicted molar refractivity (Wildman–Crippen MR) is 72.6 cm³/mol. The van der Waals surface area contributed by atoms with E-state index in [2.05, 4.69) is 5.10 Å². The van der Waals surface area contributed by atoms with Crippen molar-refractivity contribution in [2.75, 3.05) is 0 Å². The van der Waals surface area contributed by atoms with Crippen molar-refractivity contribution in [3.8, 4) is 0 Å². The van der Waals surface area contributed by atoms with Crippen LogP contribution in [0.2, 0.25) is 0 Å². The molecule has 84 valence electrons. The number of hydrazone groups is 1. The molecule has 0 aliphatic carbocycles. The fraction of sp³-hybridized carbons (Fsp3) is 0. The van der Waals surface area contributed by atoms with Gasteiger partial charge in [-0.2, -0.15) is 5.10 Å². The molecule has 2 aromatic carbocycles. The molecule has 0 bridgehead atoms. The van der Waals surface area contributed by atoms with Crippen LogP contribution < -0.4 is 5.84 Å². The molecule has 2 N–H and O–H groups in total. The largest absolute Gasteiger partial charge is 0.323 e. The van der Waals surface area contributed by atoms with Crippen molar-refractivity contribution in [3.05, 3.63) is 77.9 Å². The van der Waals surface area contributed by atoms with Crippen LogP contribution in [-0.4, -0.2) is 5.71 Å². The van der Waals surface area contributed by atoms with E-state index in [4.69, 9.17) is 5.84 Å². The SMILES string of the molecule is N/N=C(\C=C\c1ccccc1)c1ccccc1. The van der Waals surface area contributed by atoms with Crippen molar-refractivity contribution in [3.63, 3.8) is 0 Å². The van der Waals surface area contributed by atoms with Gasteiger partial charge in [0, 0.05) is 5.56 Å². The van der Waals surface area contributed by atoms with Gasteiger partial charge in [0.1, 0.15) is 0 Å². The first-order valence-corrected chi connectivity index (χ1v) is 5.46. The molecular formula is C15H14N2. The van der Waals surface area contributed by atoms with Crippen LogP contribution in [0.1, 0.15) is 11.1 Å². The minimum absolute atomic E-state index is 0.773. The summed E-state index contributed by atoms with van der Waals surface area (Å²) in [4.78, 5) is 0. The number of hydrogen-bond acceptors (Lipinski definition) is 2. The highest BCUT2D eigenvalue weighted by atomic mass is 15.1. The molecular weight excluding hydrogens is 208 g/mol. The molecule has 0 unspecified atom stereocenters. The van der Waals surface area contributed by atoms with Crippen molar-refractivity contribution < 1.29 is 0 Å². The summed E-state index contributed by atoms with van der Waals surface area (Å²) < 4.78 is 0. The molecule has 0 amide bonds. The van der Waals surface area contributed by atoms with E-state index < -0.39 is 0 Å². The second-order valence-corrected chi connectivity index (χ2v) is 3.62. The van der Waals surface area contributed by atoms with E-state index in [9.17, 15) is 0 Å². The van der Waals surface area contributed by atoms with Gasteiger partial charge in [0.05, 0.1) is 5.71 Å². The lowest BCUT2D eigenvalue weighted by molar-refractivity contribution is 1.25. The van der Waals surface area contributed by atoms with E-state index >= 15 is 0 Å². The Balaban J connectivity index is 2.20. The number of allylic oxidation sites excluding steroid dienone is 1. The summed E-state index contributed by atoms with van der Waals surface area (Å²) in [6.45, 7) is 0. The van der Waals surface area contributed by atoms with E-state index in [1.165, 1.54) is 0 Å². The first-order chi connectivity index (χ1) is 8.40. The summed E-state index contributed by atoms with van der Waals surface area (Å²) in [6.07, 6.45) is 3.92. The average molecular weight is 222 g/mol. The van der Waals surface area contributed by atoms with Crippen LogP contribution in [0, 0.1) is 0 Å². The summed E-state index contributed by atoms with van der Waals surface area (Å²) in [6, 6.07) is 20.0. The molecule has 0 atom stereocenters. The summed E-state index contributed by atoms with van der Waals surface area (Å²) >= 11 is 0. The second kappa shape index (κ2) is 5.66. The Kier molecular flexibility index (Phi) is 3.71. The summed E-state index contributed by atoms with van der Waals surface area (Å²) in [5, 5.41) is 3.80. The Bertz CT molecular complexity index is 513. The van der Waals surface area contributed by atoms with Gasteiger partial charge in [-0.3, -0.25) is 0 Å². The molecule has 0 spiro atoms. The Morgan fingerprint density at radius 3 is 2.06 bits per heavy atom. The standard InChI is InChI=1S/C15H14N2/c16-17-15(14-9-5-2-6-10-14)12-11-13-7-3-1-4-8-13/h1-12H,16H2/b12-11+,17-15+. The van der Waals surface area contributed by atoms with E-state index in [1.807, 2.05) is 72.8 Å². The number of rotatable bonds is 3. The molecule has 2 heteroatoms. The molecule has 0 aliphatic heterocycles. The molecule has 0 aromatic heterocycles. The lowest BCUT2D eigenvalue weighted by Gasteiger charge is -1.99. The normalized spacial score (nSPS) is 11.9. The molecule has 0 heterocycles. The fourth-order valence-electron chi connectivity index (χ4n) is 1.56. The third-order valence-corrected chi connectivity index (χ3v) is 2.44. The lowest BCUT2D eigenvalue weighted by Crippen LogP contribution is -2.00. The van der Waals surface area contributed by atoms with Crippen molar-refractivity contribution >= 4 is 11.8 Å². The highest BCUT2D eigenvalue weighted by molar-refractivity contribution is 6.10. The first-order valence-electron chi connectivity index (χ1n) is 5.46. The van der Waals surface area contributed by atoms with Gasteiger partial charge < -0.3 is 5.84 Å². The van der Waals surface area contributed by atoms with E-state index in [0.717, 1.165) is 16.8 Å². The summed E-state index contributed by atoms with van der Waals surface area (Å²) in [7, 11) is 0. The molecule has 2 aromatic rings. The second-order valence-electron chi connectivity index (χ2n) is 3.62. The average Bonchev–Trinajstić information content (AvgIpc) is 2.42. The van der Waals surface area contributed by atoms with Gasteiger partial charge in [0.15, 0.2) is 0 Å². The van der Waals surface area contributed by atoms with Crippen molar-refractivity contribution in [2.24, 2.45) is 10.9 Å². The zero-order valence-corrected chi connectivity index (χ0v) is 9.45. The first kappa shape index (κ1) is 11.1. The van der Waals surface area contributed by atoms with Gasteiger partial charge >= 0.3 is 0 Å². The monoisotopic (exact) mass is 222 g/mol. The maximum atomic E-state index is 5.41. The maximum Gasteiger partial charge on any atom is 0.0899 e. The molecule has 0 radical (unpaired) electrons. The number of hydrogen-bond donors (Lipinski definition) is 1.